The summed E-state index contributed by atoms with van der Waals surface area (Å²) in [4.78, 5) is 18.9. The molecular formula is C14H13ClN2O4. The summed E-state index contributed by atoms with van der Waals surface area (Å²) in [6.45, 7) is 1.23. The van der Waals surface area contributed by atoms with Gasteiger partial charge in [0.25, 0.3) is 5.56 Å². The first-order chi connectivity index (χ1) is 10.1. The zero-order valence-electron chi connectivity index (χ0n) is 11.0. The molecule has 2 N–H and O–H groups in total. The highest BCUT2D eigenvalue weighted by Gasteiger charge is 2.22. The Morgan fingerprint density at radius 3 is 2.67 bits per heavy atom. The predicted octanol–water partition coefficient (Wildman–Crippen LogP) is 1.88. The number of hydrogen-bond acceptors (Lipinski definition) is 5. The molecule has 1 aliphatic heterocycles. The molecule has 1 unspecified atom stereocenters. The van der Waals surface area contributed by atoms with E-state index in [2.05, 4.69) is 9.97 Å². The van der Waals surface area contributed by atoms with Crippen molar-refractivity contribution in [3.05, 3.63) is 45.5 Å². The second kappa shape index (κ2) is 5.85. The summed E-state index contributed by atoms with van der Waals surface area (Å²) in [5.41, 5.74) is 0.208. The molecule has 7 heteroatoms. The Balaban J connectivity index is 2.00. The zero-order valence-corrected chi connectivity index (χ0v) is 11.8. The fourth-order valence-corrected chi connectivity index (χ4v) is 2.28. The molecule has 1 aromatic heterocycles. The van der Waals surface area contributed by atoms with Gasteiger partial charge >= 0.3 is 0 Å². The van der Waals surface area contributed by atoms with E-state index in [9.17, 15) is 9.90 Å². The molecule has 21 heavy (non-hydrogen) atoms. The van der Waals surface area contributed by atoms with Crippen molar-refractivity contribution in [1.82, 2.24) is 9.97 Å². The van der Waals surface area contributed by atoms with E-state index in [4.69, 9.17) is 21.1 Å². The minimum Gasteiger partial charge on any atom is -0.493 e. The van der Waals surface area contributed by atoms with Crippen LogP contribution in [0.4, 0.5) is 0 Å². The molecule has 2 aromatic rings. The molecule has 6 nitrogen and oxygen atoms in total. The third kappa shape index (κ3) is 2.92. The topological polar surface area (TPSA) is 84.4 Å². The number of H-pyrrole nitrogens is 1. The summed E-state index contributed by atoms with van der Waals surface area (Å²) in [7, 11) is 0. The van der Waals surface area contributed by atoms with Crippen LogP contribution in [0.5, 0.6) is 5.88 Å². The minimum absolute atomic E-state index is 0.104. The second-order valence-corrected chi connectivity index (χ2v) is 5.03. The van der Waals surface area contributed by atoms with Crippen molar-refractivity contribution >= 4 is 11.6 Å². The molecule has 3 rings (SSSR count). The summed E-state index contributed by atoms with van der Waals surface area (Å²) in [5.74, 6) is -0.0832. The van der Waals surface area contributed by atoms with Crippen LogP contribution in [0.3, 0.4) is 0 Å². The lowest BCUT2D eigenvalue weighted by molar-refractivity contribution is -0.0937. The SMILES string of the molecule is O=c1[nH]c(C2COCCO2)nc(O)c1-c1ccc(Cl)cc1. The fraction of sp³-hybridized carbons (Fsp3) is 0.286. The van der Waals surface area contributed by atoms with Gasteiger partial charge in [0.1, 0.15) is 17.5 Å². The highest BCUT2D eigenvalue weighted by molar-refractivity contribution is 6.30. The van der Waals surface area contributed by atoms with Gasteiger partial charge in [0.05, 0.1) is 19.8 Å². The number of aromatic hydroxyl groups is 1. The van der Waals surface area contributed by atoms with Crippen molar-refractivity contribution in [2.45, 2.75) is 6.10 Å². The van der Waals surface area contributed by atoms with Crippen molar-refractivity contribution in [3.63, 3.8) is 0 Å². The van der Waals surface area contributed by atoms with Crippen LogP contribution in [0.2, 0.25) is 5.02 Å². The number of aromatic amines is 1. The van der Waals surface area contributed by atoms with Gasteiger partial charge in [0.15, 0.2) is 0 Å². The first-order valence-corrected chi connectivity index (χ1v) is 6.81. The first-order valence-electron chi connectivity index (χ1n) is 6.43. The first kappa shape index (κ1) is 14.1. The van der Waals surface area contributed by atoms with Crippen LogP contribution >= 0.6 is 11.6 Å². The summed E-state index contributed by atoms with van der Waals surface area (Å²) < 4.78 is 10.7. The van der Waals surface area contributed by atoms with Gasteiger partial charge in [-0.15, -0.1) is 0 Å². The quantitative estimate of drug-likeness (QED) is 0.885. The minimum atomic E-state index is -0.475. The molecule has 0 radical (unpaired) electrons. The highest BCUT2D eigenvalue weighted by atomic mass is 35.5. The van der Waals surface area contributed by atoms with Crippen LogP contribution in [0.15, 0.2) is 29.1 Å². The Kier molecular flexibility index (Phi) is 3.92. The lowest BCUT2D eigenvalue weighted by Gasteiger charge is -2.22. The molecule has 0 amide bonds. The number of aromatic nitrogens is 2. The van der Waals surface area contributed by atoms with Crippen molar-refractivity contribution in [3.8, 4) is 17.0 Å². The molecule has 1 saturated heterocycles. The van der Waals surface area contributed by atoms with Gasteiger partial charge in [-0.3, -0.25) is 4.79 Å². The standard InChI is InChI=1S/C14H13ClN2O4/c15-9-3-1-8(2-4-9)11-13(18)16-12(17-14(11)19)10-7-20-5-6-21-10/h1-4,10H,5-7H2,(H2,16,17,18,19). The molecular weight excluding hydrogens is 296 g/mol. The van der Waals surface area contributed by atoms with E-state index in [-0.39, 0.29) is 17.3 Å². The lowest BCUT2D eigenvalue weighted by Crippen LogP contribution is -2.26. The lowest BCUT2D eigenvalue weighted by atomic mass is 10.1. The molecule has 110 valence electrons. The van der Waals surface area contributed by atoms with E-state index in [1.165, 1.54) is 0 Å². The van der Waals surface area contributed by atoms with Crippen LogP contribution < -0.4 is 5.56 Å². The summed E-state index contributed by atoms with van der Waals surface area (Å²) in [6, 6.07) is 6.58. The molecule has 1 fully saturated rings. The largest absolute Gasteiger partial charge is 0.493 e. The molecule has 2 heterocycles. The summed E-state index contributed by atoms with van der Waals surface area (Å²) >= 11 is 5.81. The Morgan fingerprint density at radius 2 is 2.05 bits per heavy atom. The number of hydrogen-bond donors (Lipinski definition) is 2. The third-order valence-corrected chi connectivity index (χ3v) is 3.42. The van der Waals surface area contributed by atoms with E-state index in [1.54, 1.807) is 24.3 Å². The van der Waals surface area contributed by atoms with E-state index >= 15 is 0 Å². The van der Waals surface area contributed by atoms with Crippen LogP contribution in [-0.4, -0.2) is 34.9 Å². The third-order valence-electron chi connectivity index (χ3n) is 3.17. The molecule has 0 aliphatic carbocycles. The van der Waals surface area contributed by atoms with E-state index in [0.29, 0.717) is 30.4 Å². The van der Waals surface area contributed by atoms with Gasteiger partial charge in [-0.2, -0.15) is 4.98 Å². The number of nitrogens with one attached hydrogen (secondary N) is 1. The number of ether oxygens (including phenoxy) is 2. The van der Waals surface area contributed by atoms with Crippen LogP contribution in [0.1, 0.15) is 11.9 Å². The monoisotopic (exact) mass is 308 g/mol. The normalized spacial score (nSPS) is 18.6. The van der Waals surface area contributed by atoms with Gasteiger partial charge in [-0.25, -0.2) is 0 Å². The van der Waals surface area contributed by atoms with E-state index < -0.39 is 11.7 Å². The molecule has 0 saturated carbocycles. The maximum absolute atomic E-state index is 12.2. The molecule has 1 aliphatic rings. The Hall–Kier alpha value is -1.89. The molecule has 0 bridgehead atoms. The smallest absolute Gasteiger partial charge is 0.262 e. The van der Waals surface area contributed by atoms with Gasteiger partial charge in [0.2, 0.25) is 5.88 Å². The summed E-state index contributed by atoms with van der Waals surface area (Å²) in [5, 5.41) is 10.6. The average Bonchev–Trinajstić information content (AvgIpc) is 2.49. The van der Waals surface area contributed by atoms with Gasteiger partial charge in [-0.05, 0) is 17.7 Å². The van der Waals surface area contributed by atoms with Gasteiger partial charge in [0, 0.05) is 5.02 Å². The van der Waals surface area contributed by atoms with Crippen LogP contribution in [0.25, 0.3) is 11.1 Å². The zero-order chi connectivity index (χ0) is 14.8. The number of rotatable bonds is 2. The number of halogens is 1. The maximum Gasteiger partial charge on any atom is 0.262 e. The van der Waals surface area contributed by atoms with Crippen LogP contribution in [0, 0.1) is 0 Å². The molecule has 1 aromatic carbocycles. The van der Waals surface area contributed by atoms with E-state index in [1.807, 2.05) is 0 Å². The highest BCUT2D eigenvalue weighted by Crippen LogP contribution is 2.26. The number of nitrogens with zero attached hydrogens (tertiary/aromatic N) is 1. The predicted molar refractivity (Wildman–Crippen MR) is 76.5 cm³/mol. The van der Waals surface area contributed by atoms with Crippen molar-refractivity contribution in [2.24, 2.45) is 0 Å². The Morgan fingerprint density at radius 1 is 1.29 bits per heavy atom. The van der Waals surface area contributed by atoms with Crippen molar-refractivity contribution in [2.75, 3.05) is 19.8 Å². The fourth-order valence-electron chi connectivity index (χ4n) is 2.15. The number of benzene rings is 1. The van der Waals surface area contributed by atoms with E-state index in [0.717, 1.165) is 0 Å². The summed E-state index contributed by atoms with van der Waals surface area (Å²) in [6.07, 6.45) is -0.475. The van der Waals surface area contributed by atoms with Gasteiger partial charge in [-0.1, -0.05) is 23.7 Å². The molecule has 0 spiro atoms. The average molecular weight is 309 g/mol. The van der Waals surface area contributed by atoms with Gasteiger partial charge < -0.3 is 19.6 Å². The van der Waals surface area contributed by atoms with Crippen molar-refractivity contribution in [1.29, 1.82) is 0 Å². The van der Waals surface area contributed by atoms with Crippen LogP contribution in [-0.2, 0) is 9.47 Å². The Labute approximate surface area is 125 Å². The Bertz CT molecular complexity index is 693. The van der Waals surface area contributed by atoms with Crippen molar-refractivity contribution < 1.29 is 14.6 Å². The molecule has 1 atom stereocenters. The second-order valence-electron chi connectivity index (χ2n) is 4.59. The maximum atomic E-state index is 12.2.